The molecule has 1 saturated heterocycles. The number of carboxylic acid groups (broad SMARTS) is 1. The van der Waals surface area contributed by atoms with Crippen molar-refractivity contribution in [2.24, 2.45) is 0 Å². The monoisotopic (exact) mass is 521 g/mol. The summed E-state index contributed by atoms with van der Waals surface area (Å²) in [4.78, 5) is 38.9. The van der Waals surface area contributed by atoms with Gasteiger partial charge in [0.25, 0.3) is 0 Å². The number of benzene rings is 3. The number of methoxy groups -OCH3 is 1. The number of hydrogen-bond acceptors (Lipinski definition) is 4. The minimum absolute atomic E-state index is 0.0136. The second-order valence-corrected chi connectivity index (χ2v) is 9.30. The summed E-state index contributed by atoms with van der Waals surface area (Å²) in [5, 5.41) is 15.3. The Hall–Kier alpha value is -4.04. The number of urea groups is 1. The lowest BCUT2D eigenvalue weighted by Gasteiger charge is -2.26. The molecule has 1 aliphatic rings. The highest BCUT2D eigenvalue weighted by molar-refractivity contribution is 6.33. The number of para-hydroxylation sites is 1. The maximum Gasteiger partial charge on any atom is 0.339 e. The Morgan fingerprint density at radius 3 is 2.51 bits per heavy atom. The molecule has 3 aromatic carbocycles. The predicted octanol–water partition coefficient (Wildman–Crippen LogP) is 5.91. The molecule has 8 nitrogen and oxygen atoms in total. The lowest BCUT2D eigenvalue weighted by atomic mass is 10.0. The third-order valence-corrected chi connectivity index (χ3v) is 6.76. The first-order chi connectivity index (χ1) is 17.8. The summed E-state index contributed by atoms with van der Waals surface area (Å²) in [6.07, 6.45) is 1.87. The van der Waals surface area contributed by atoms with Crippen LogP contribution < -0.4 is 15.4 Å². The van der Waals surface area contributed by atoms with Gasteiger partial charge in [0.15, 0.2) is 0 Å². The fourth-order valence-electron chi connectivity index (χ4n) is 4.59. The Morgan fingerprint density at radius 1 is 1.05 bits per heavy atom. The van der Waals surface area contributed by atoms with E-state index >= 15 is 0 Å². The molecular weight excluding hydrogens is 494 g/mol. The van der Waals surface area contributed by atoms with Crippen LogP contribution in [-0.4, -0.2) is 41.6 Å². The number of nitrogens with one attached hydrogen (secondary N) is 2. The summed E-state index contributed by atoms with van der Waals surface area (Å²) in [6, 6.07) is 16.9. The van der Waals surface area contributed by atoms with Crippen molar-refractivity contribution in [2.75, 3.05) is 24.3 Å². The lowest BCUT2D eigenvalue weighted by molar-refractivity contribution is -0.131. The van der Waals surface area contributed by atoms with Crippen LogP contribution in [0.25, 0.3) is 0 Å². The van der Waals surface area contributed by atoms with Crippen molar-refractivity contribution < 1.29 is 24.2 Å². The normalized spacial score (nSPS) is 14.8. The maximum absolute atomic E-state index is 13.2. The summed E-state index contributed by atoms with van der Waals surface area (Å²) < 4.78 is 5.26. The average molecular weight is 522 g/mol. The molecule has 3 N–H and O–H groups in total. The molecule has 0 saturated carbocycles. The average Bonchev–Trinajstić information content (AvgIpc) is 3.37. The van der Waals surface area contributed by atoms with E-state index in [2.05, 4.69) is 10.6 Å². The van der Waals surface area contributed by atoms with Gasteiger partial charge in [-0.1, -0.05) is 41.9 Å². The fourth-order valence-corrected chi connectivity index (χ4v) is 4.78. The quantitative estimate of drug-likeness (QED) is 0.358. The molecule has 0 spiro atoms. The van der Waals surface area contributed by atoms with Crippen LogP contribution >= 0.6 is 11.6 Å². The van der Waals surface area contributed by atoms with Crippen molar-refractivity contribution in [2.45, 2.75) is 32.2 Å². The SMILES string of the molecule is COc1cc([C@@H]2CCCN2C(=O)Cc2ccc(NC(=O)Nc3ccccc3Cl)c(C)c2)ccc1C(=O)O. The highest BCUT2D eigenvalue weighted by atomic mass is 35.5. The van der Waals surface area contributed by atoms with Gasteiger partial charge in [-0.3, -0.25) is 4.79 Å². The molecule has 37 heavy (non-hydrogen) atoms. The Labute approximate surface area is 220 Å². The highest BCUT2D eigenvalue weighted by Gasteiger charge is 2.30. The molecule has 1 atom stereocenters. The van der Waals surface area contributed by atoms with Crippen molar-refractivity contribution in [1.82, 2.24) is 4.90 Å². The minimum atomic E-state index is -1.06. The molecule has 3 aromatic rings. The van der Waals surface area contributed by atoms with Crippen LogP contribution in [0.1, 0.15) is 45.9 Å². The van der Waals surface area contributed by atoms with Gasteiger partial charge in [-0.25, -0.2) is 9.59 Å². The molecule has 1 fully saturated rings. The van der Waals surface area contributed by atoms with Crippen molar-refractivity contribution in [3.05, 3.63) is 87.9 Å². The number of rotatable bonds is 7. The minimum Gasteiger partial charge on any atom is -0.496 e. The van der Waals surface area contributed by atoms with Crippen molar-refractivity contribution in [1.29, 1.82) is 0 Å². The summed E-state index contributed by atoms with van der Waals surface area (Å²) in [6.45, 7) is 2.50. The molecule has 0 aromatic heterocycles. The van der Waals surface area contributed by atoms with E-state index in [1.54, 1.807) is 42.5 Å². The number of carbonyl (C=O) groups excluding carboxylic acids is 2. The predicted molar refractivity (Wildman–Crippen MR) is 143 cm³/mol. The van der Waals surface area contributed by atoms with E-state index in [0.717, 1.165) is 29.5 Å². The van der Waals surface area contributed by atoms with E-state index in [9.17, 15) is 19.5 Å². The van der Waals surface area contributed by atoms with Gasteiger partial charge in [0.2, 0.25) is 5.91 Å². The lowest BCUT2D eigenvalue weighted by Crippen LogP contribution is -2.32. The van der Waals surface area contributed by atoms with Crippen LogP contribution in [0.15, 0.2) is 60.7 Å². The largest absolute Gasteiger partial charge is 0.496 e. The molecular formula is C28H28ClN3O5. The molecule has 0 unspecified atom stereocenters. The maximum atomic E-state index is 13.2. The van der Waals surface area contributed by atoms with E-state index in [0.29, 0.717) is 22.9 Å². The Balaban J connectivity index is 1.42. The topological polar surface area (TPSA) is 108 Å². The smallest absolute Gasteiger partial charge is 0.339 e. The number of nitrogens with zero attached hydrogens (tertiary/aromatic N) is 1. The second-order valence-electron chi connectivity index (χ2n) is 8.90. The van der Waals surface area contributed by atoms with Gasteiger partial charge in [0.1, 0.15) is 11.3 Å². The first kappa shape index (κ1) is 26.0. The number of halogens is 1. The summed E-state index contributed by atoms with van der Waals surface area (Å²) >= 11 is 6.10. The summed E-state index contributed by atoms with van der Waals surface area (Å²) in [7, 11) is 1.43. The number of carbonyl (C=O) groups is 3. The number of likely N-dealkylation sites (tertiary alicyclic amines) is 1. The van der Waals surface area contributed by atoms with Gasteiger partial charge in [-0.05, 0) is 66.8 Å². The van der Waals surface area contributed by atoms with Crippen LogP contribution in [0.4, 0.5) is 16.2 Å². The van der Waals surface area contributed by atoms with Crippen molar-refractivity contribution in [3.63, 3.8) is 0 Å². The van der Waals surface area contributed by atoms with Crippen LogP contribution in [0.3, 0.4) is 0 Å². The highest BCUT2D eigenvalue weighted by Crippen LogP contribution is 2.35. The molecule has 4 rings (SSSR count). The standard InChI is InChI=1S/C28H28ClN3O5/c1-17-14-18(9-12-22(17)30-28(36)31-23-7-4-3-6-21(23)29)15-26(33)32-13-5-8-24(32)19-10-11-20(27(34)35)25(16-19)37-2/h3-4,6-7,9-12,14,16,24H,5,8,13,15H2,1-2H3,(H,34,35)(H2,30,31,36)/t24-/m0/s1. The fraction of sp³-hybridized carbons (Fsp3) is 0.250. The van der Waals surface area contributed by atoms with Gasteiger partial charge >= 0.3 is 12.0 Å². The van der Waals surface area contributed by atoms with E-state index in [4.69, 9.17) is 16.3 Å². The Bertz CT molecular complexity index is 1340. The molecule has 192 valence electrons. The zero-order chi connectivity index (χ0) is 26.5. The molecule has 9 heteroatoms. The number of carboxylic acids is 1. The number of amides is 3. The molecule has 0 radical (unpaired) electrons. The van der Waals surface area contributed by atoms with Crippen molar-refractivity contribution >= 4 is 40.9 Å². The summed E-state index contributed by atoms with van der Waals surface area (Å²) in [5.74, 6) is -0.792. The van der Waals surface area contributed by atoms with Gasteiger partial charge < -0.3 is 25.4 Å². The summed E-state index contributed by atoms with van der Waals surface area (Å²) in [5.41, 5.74) is 3.75. The van der Waals surface area contributed by atoms with Crippen molar-refractivity contribution in [3.8, 4) is 5.75 Å². The van der Waals surface area contributed by atoms with Crippen LogP contribution in [-0.2, 0) is 11.2 Å². The van der Waals surface area contributed by atoms with Crippen LogP contribution in [0.2, 0.25) is 5.02 Å². The number of hydrogen-bond donors (Lipinski definition) is 3. The van der Waals surface area contributed by atoms with Gasteiger partial charge in [-0.2, -0.15) is 0 Å². The first-order valence-electron chi connectivity index (χ1n) is 11.9. The van der Waals surface area contributed by atoms with E-state index < -0.39 is 12.0 Å². The number of anilines is 2. The third-order valence-electron chi connectivity index (χ3n) is 6.43. The number of aromatic carboxylic acids is 1. The van der Waals surface area contributed by atoms with E-state index in [1.165, 1.54) is 13.2 Å². The first-order valence-corrected chi connectivity index (χ1v) is 12.3. The molecule has 0 aliphatic carbocycles. The van der Waals surface area contributed by atoms with E-state index in [-0.39, 0.29) is 29.7 Å². The molecule has 3 amide bonds. The van der Waals surface area contributed by atoms with Gasteiger partial charge in [0.05, 0.1) is 30.3 Å². The molecule has 0 bridgehead atoms. The molecule has 1 heterocycles. The Kier molecular flexibility index (Phi) is 7.98. The van der Waals surface area contributed by atoms with Crippen LogP contribution in [0.5, 0.6) is 5.75 Å². The zero-order valence-electron chi connectivity index (χ0n) is 20.6. The van der Waals surface area contributed by atoms with E-state index in [1.807, 2.05) is 24.0 Å². The third kappa shape index (κ3) is 6.03. The molecule has 1 aliphatic heterocycles. The Morgan fingerprint density at radius 2 is 1.81 bits per heavy atom. The number of ether oxygens (including phenoxy) is 1. The number of aryl methyl sites for hydroxylation is 1. The van der Waals surface area contributed by atoms with Gasteiger partial charge in [-0.15, -0.1) is 0 Å². The zero-order valence-corrected chi connectivity index (χ0v) is 21.3. The second kappa shape index (κ2) is 11.3. The van der Waals surface area contributed by atoms with Gasteiger partial charge in [0, 0.05) is 12.2 Å². The van der Waals surface area contributed by atoms with Crippen LogP contribution in [0, 0.1) is 6.92 Å².